The van der Waals surface area contributed by atoms with Crippen LogP contribution in [0.15, 0.2) is 42.5 Å². The SMILES string of the molecule is CCCNc1nc(Nc2ccc(C#N)cc2)nc(Nc2c(C)cc(/C=C\C#N)cc2C)n1. The lowest BCUT2D eigenvalue weighted by Crippen LogP contribution is -2.10. The number of allylic oxidation sites excluding steroid dienone is 1. The average Bonchev–Trinajstić information content (AvgIpc) is 2.79. The Morgan fingerprint density at radius 1 is 0.906 bits per heavy atom. The summed E-state index contributed by atoms with van der Waals surface area (Å²) >= 11 is 0. The molecule has 8 heteroatoms. The summed E-state index contributed by atoms with van der Waals surface area (Å²) in [5, 5.41) is 27.4. The highest BCUT2D eigenvalue weighted by Crippen LogP contribution is 2.26. The van der Waals surface area contributed by atoms with Gasteiger partial charge in [-0.1, -0.05) is 6.92 Å². The number of aromatic nitrogens is 3. The summed E-state index contributed by atoms with van der Waals surface area (Å²) in [6.07, 6.45) is 4.17. The van der Waals surface area contributed by atoms with E-state index in [-0.39, 0.29) is 0 Å². The largest absolute Gasteiger partial charge is 0.354 e. The summed E-state index contributed by atoms with van der Waals surface area (Å²) in [6.45, 7) is 6.79. The van der Waals surface area contributed by atoms with Crippen LogP contribution < -0.4 is 16.0 Å². The van der Waals surface area contributed by atoms with E-state index in [4.69, 9.17) is 10.5 Å². The van der Waals surface area contributed by atoms with Crippen molar-refractivity contribution in [3.63, 3.8) is 0 Å². The van der Waals surface area contributed by atoms with E-state index in [2.05, 4.69) is 43.9 Å². The molecule has 0 amide bonds. The summed E-state index contributed by atoms with van der Waals surface area (Å²) in [4.78, 5) is 13.5. The Kier molecular flexibility index (Phi) is 7.34. The number of nitriles is 2. The van der Waals surface area contributed by atoms with Crippen molar-refractivity contribution >= 4 is 35.3 Å². The quantitative estimate of drug-likeness (QED) is 0.421. The number of aryl methyl sites for hydroxylation is 2. The Morgan fingerprint density at radius 2 is 1.53 bits per heavy atom. The van der Waals surface area contributed by atoms with Gasteiger partial charge in [-0.2, -0.15) is 25.5 Å². The average molecular weight is 425 g/mol. The molecule has 0 bridgehead atoms. The Labute approximate surface area is 187 Å². The first kappa shape index (κ1) is 22.3. The second-order valence-corrected chi connectivity index (χ2v) is 7.16. The van der Waals surface area contributed by atoms with Gasteiger partial charge in [0.05, 0.1) is 17.7 Å². The molecular weight excluding hydrogens is 400 g/mol. The van der Waals surface area contributed by atoms with Gasteiger partial charge >= 0.3 is 0 Å². The molecule has 0 spiro atoms. The first-order chi connectivity index (χ1) is 15.5. The molecule has 0 aliphatic carbocycles. The lowest BCUT2D eigenvalue weighted by molar-refractivity contribution is 0.942. The molecule has 0 unspecified atom stereocenters. The maximum absolute atomic E-state index is 8.98. The van der Waals surface area contributed by atoms with Crippen LogP contribution in [0, 0.1) is 36.5 Å². The Bertz CT molecular complexity index is 1180. The molecule has 2 aromatic carbocycles. The number of rotatable bonds is 8. The van der Waals surface area contributed by atoms with E-state index in [9.17, 15) is 0 Å². The van der Waals surface area contributed by atoms with Crippen molar-refractivity contribution in [2.45, 2.75) is 27.2 Å². The van der Waals surface area contributed by atoms with E-state index in [1.165, 1.54) is 6.08 Å². The normalized spacial score (nSPS) is 10.4. The van der Waals surface area contributed by atoms with Gasteiger partial charge < -0.3 is 16.0 Å². The third-order valence-corrected chi connectivity index (χ3v) is 4.58. The zero-order chi connectivity index (χ0) is 22.9. The fourth-order valence-corrected chi connectivity index (χ4v) is 3.10. The van der Waals surface area contributed by atoms with Crippen LogP contribution in [-0.2, 0) is 0 Å². The molecule has 1 aromatic heterocycles. The summed E-state index contributed by atoms with van der Waals surface area (Å²) in [5.74, 6) is 1.25. The van der Waals surface area contributed by atoms with Gasteiger partial charge in [0.2, 0.25) is 17.8 Å². The van der Waals surface area contributed by atoms with Crippen LogP contribution in [0.3, 0.4) is 0 Å². The molecule has 32 heavy (non-hydrogen) atoms. The van der Waals surface area contributed by atoms with E-state index >= 15 is 0 Å². The fraction of sp³-hybridized carbons (Fsp3) is 0.208. The van der Waals surface area contributed by atoms with Crippen LogP contribution in [0.5, 0.6) is 0 Å². The molecular formula is C24H24N8. The van der Waals surface area contributed by atoms with Crippen molar-refractivity contribution in [3.05, 3.63) is 64.7 Å². The van der Waals surface area contributed by atoms with E-state index in [0.29, 0.717) is 23.4 Å². The predicted molar refractivity (Wildman–Crippen MR) is 127 cm³/mol. The molecule has 1 heterocycles. The number of nitrogens with zero attached hydrogens (tertiary/aromatic N) is 5. The maximum atomic E-state index is 8.98. The van der Waals surface area contributed by atoms with Gasteiger partial charge in [0.25, 0.3) is 0 Å². The van der Waals surface area contributed by atoms with Crippen LogP contribution in [0.1, 0.15) is 35.6 Å². The zero-order valence-electron chi connectivity index (χ0n) is 18.3. The molecule has 3 N–H and O–H groups in total. The zero-order valence-corrected chi connectivity index (χ0v) is 18.3. The van der Waals surface area contributed by atoms with E-state index in [0.717, 1.165) is 41.0 Å². The van der Waals surface area contributed by atoms with E-state index in [1.54, 1.807) is 30.3 Å². The van der Waals surface area contributed by atoms with Crippen molar-refractivity contribution in [1.82, 2.24) is 15.0 Å². The highest BCUT2D eigenvalue weighted by molar-refractivity contribution is 5.68. The highest BCUT2D eigenvalue weighted by Gasteiger charge is 2.11. The van der Waals surface area contributed by atoms with E-state index in [1.807, 2.05) is 32.0 Å². The first-order valence-corrected chi connectivity index (χ1v) is 10.2. The van der Waals surface area contributed by atoms with Gasteiger partial charge in [-0.3, -0.25) is 0 Å². The van der Waals surface area contributed by atoms with Crippen LogP contribution in [-0.4, -0.2) is 21.5 Å². The molecule has 0 saturated heterocycles. The molecule has 3 rings (SSSR count). The molecule has 0 aliphatic heterocycles. The van der Waals surface area contributed by atoms with Crippen molar-refractivity contribution in [2.75, 3.05) is 22.5 Å². The topological polar surface area (TPSA) is 122 Å². The smallest absolute Gasteiger partial charge is 0.233 e. The monoisotopic (exact) mass is 424 g/mol. The Hall–Kier alpha value is -4.43. The second-order valence-electron chi connectivity index (χ2n) is 7.16. The number of hydrogen-bond acceptors (Lipinski definition) is 8. The van der Waals surface area contributed by atoms with Gasteiger partial charge in [-0.15, -0.1) is 0 Å². The Balaban J connectivity index is 1.91. The van der Waals surface area contributed by atoms with Crippen LogP contribution >= 0.6 is 0 Å². The van der Waals surface area contributed by atoms with Gasteiger partial charge in [0.1, 0.15) is 0 Å². The first-order valence-electron chi connectivity index (χ1n) is 10.2. The van der Waals surface area contributed by atoms with Crippen molar-refractivity contribution in [2.24, 2.45) is 0 Å². The van der Waals surface area contributed by atoms with E-state index < -0.39 is 0 Å². The number of hydrogen-bond donors (Lipinski definition) is 3. The molecule has 3 aromatic rings. The highest BCUT2D eigenvalue weighted by atomic mass is 15.3. The van der Waals surface area contributed by atoms with Crippen LogP contribution in [0.4, 0.5) is 29.2 Å². The minimum absolute atomic E-state index is 0.384. The third-order valence-electron chi connectivity index (χ3n) is 4.58. The summed E-state index contributed by atoms with van der Waals surface area (Å²) in [7, 11) is 0. The van der Waals surface area contributed by atoms with Gasteiger partial charge in [0, 0.05) is 24.0 Å². The number of benzene rings is 2. The summed E-state index contributed by atoms with van der Waals surface area (Å²) in [6, 6.07) is 15.2. The second kappa shape index (κ2) is 10.6. The van der Waals surface area contributed by atoms with Crippen molar-refractivity contribution in [1.29, 1.82) is 10.5 Å². The minimum Gasteiger partial charge on any atom is -0.354 e. The van der Waals surface area contributed by atoms with Crippen molar-refractivity contribution in [3.8, 4) is 12.1 Å². The van der Waals surface area contributed by atoms with Gasteiger partial charge in [-0.05, 0) is 79.4 Å². The molecule has 0 radical (unpaired) electrons. The molecule has 0 atom stereocenters. The van der Waals surface area contributed by atoms with Crippen LogP contribution in [0.25, 0.3) is 6.08 Å². The fourth-order valence-electron chi connectivity index (χ4n) is 3.10. The molecule has 0 aliphatic rings. The third kappa shape index (κ3) is 5.80. The van der Waals surface area contributed by atoms with Crippen LogP contribution in [0.2, 0.25) is 0 Å². The Morgan fingerprint density at radius 3 is 2.12 bits per heavy atom. The van der Waals surface area contributed by atoms with Gasteiger partial charge in [-0.25, -0.2) is 0 Å². The van der Waals surface area contributed by atoms with Crippen molar-refractivity contribution < 1.29 is 0 Å². The number of anilines is 5. The standard InChI is InChI=1S/C24H24N8/c1-4-12-27-22-30-23(28-20-9-7-18(15-26)8-10-20)32-24(31-22)29-21-16(2)13-19(6-5-11-25)14-17(21)3/h5-10,13-14H,4,12H2,1-3H3,(H3,27,28,29,30,31,32)/b6-5-. The van der Waals surface area contributed by atoms with Gasteiger partial charge in [0.15, 0.2) is 0 Å². The summed E-state index contributed by atoms with van der Waals surface area (Å²) < 4.78 is 0. The molecule has 0 fully saturated rings. The predicted octanol–water partition coefficient (Wildman–Crippen LogP) is 5.21. The summed E-state index contributed by atoms with van der Waals surface area (Å²) in [5.41, 5.74) is 5.22. The molecule has 0 saturated carbocycles. The minimum atomic E-state index is 0.384. The number of nitrogens with one attached hydrogen (secondary N) is 3. The lowest BCUT2D eigenvalue weighted by Gasteiger charge is -2.15. The lowest BCUT2D eigenvalue weighted by atomic mass is 10.0. The maximum Gasteiger partial charge on any atom is 0.233 e. The molecule has 8 nitrogen and oxygen atoms in total. The molecule has 160 valence electrons.